The van der Waals surface area contributed by atoms with Crippen molar-refractivity contribution in [3.05, 3.63) is 0 Å². The molecule has 64 valence electrons. The Morgan fingerprint density at radius 3 is 2.55 bits per heavy atom. The summed E-state index contributed by atoms with van der Waals surface area (Å²) in [6, 6.07) is 0. The Bertz CT molecular complexity index is 132. The molecule has 0 aliphatic heterocycles. The summed E-state index contributed by atoms with van der Waals surface area (Å²) in [6.07, 6.45) is 6.73. The predicted molar refractivity (Wildman–Crippen MR) is 49.6 cm³/mol. The number of thiocarbonyl (C=S) groups is 1. The summed E-state index contributed by atoms with van der Waals surface area (Å²) in [7, 11) is 0. The fourth-order valence-electron chi connectivity index (χ4n) is 1.43. The largest absolute Gasteiger partial charge is 0.391 e. The van der Waals surface area contributed by atoms with E-state index in [0.717, 1.165) is 0 Å². The van der Waals surface area contributed by atoms with Gasteiger partial charge in [-0.25, -0.2) is 0 Å². The SMILES string of the molecule is NC(=S)COC1CCCCC1. The molecule has 3 heteroatoms. The second-order valence-corrected chi connectivity index (χ2v) is 3.56. The number of nitrogens with two attached hydrogens (primary N) is 1. The van der Waals surface area contributed by atoms with E-state index in [-0.39, 0.29) is 0 Å². The molecule has 1 aliphatic rings. The second-order valence-electron chi connectivity index (χ2n) is 3.04. The topological polar surface area (TPSA) is 35.2 Å². The Balaban J connectivity index is 2.09. The van der Waals surface area contributed by atoms with Gasteiger partial charge >= 0.3 is 0 Å². The molecule has 0 unspecified atom stereocenters. The van der Waals surface area contributed by atoms with E-state index < -0.39 is 0 Å². The van der Waals surface area contributed by atoms with E-state index in [1.54, 1.807) is 0 Å². The van der Waals surface area contributed by atoms with Crippen LogP contribution in [0.25, 0.3) is 0 Å². The van der Waals surface area contributed by atoms with E-state index in [1.165, 1.54) is 32.1 Å². The maximum Gasteiger partial charge on any atom is 0.0989 e. The molecule has 0 saturated heterocycles. The second kappa shape index (κ2) is 4.67. The summed E-state index contributed by atoms with van der Waals surface area (Å²) in [5, 5.41) is 0. The first-order valence-electron chi connectivity index (χ1n) is 4.19. The molecule has 1 rings (SSSR count). The average molecular weight is 173 g/mol. The van der Waals surface area contributed by atoms with Crippen LogP contribution in [-0.4, -0.2) is 17.7 Å². The lowest BCUT2D eigenvalue weighted by Gasteiger charge is -2.21. The molecule has 0 aromatic carbocycles. The molecule has 0 atom stereocenters. The zero-order valence-electron chi connectivity index (χ0n) is 6.71. The molecule has 0 amide bonds. The molecule has 0 bridgehead atoms. The Hall–Kier alpha value is -0.150. The van der Waals surface area contributed by atoms with Crippen LogP contribution in [0.2, 0.25) is 0 Å². The average Bonchev–Trinajstić information content (AvgIpc) is 2.03. The van der Waals surface area contributed by atoms with Gasteiger partial charge in [0.2, 0.25) is 0 Å². The van der Waals surface area contributed by atoms with Crippen molar-refractivity contribution in [3.8, 4) is 0 Å². The lowest BCUT2D eigenvalue weighted by Crippen LogP contribution is -2.23. The highest BCUT2D eigenvalue weighted by Gasteiger charge is 2.13. The highest BCUT2D eigenvalue weighted by atomic mass is 32.1. The molecule has 2 N–H and O–H groups in total. The Labute approximate surface area is 73.1 Å². The number of ether oxygens (including phenoxy) is 1. The van der Waals surface area contributed by atoms with E-state index in [1.807, 2.05) is 0 Å². The van der Waals surface area contributed by atoms with E-state index in [4.69, 9.17) is 22.7 Å². The summed E-state index contributed by atoms with van der Waals surface area (Å²) in [4.78, 5) is 0.468. The van der Waals surface area contributed by atoms with Crippen molar-refractivity contribution in [1.82, 2.24) is 0 Å². The molecule has 0 radical (unpaired) electrons. The van der Waals surface area contributed by atoms with Gasteiger partial charge in [-0.05, 0) is 12.8 Å². The number of rotatable bonds is 3. The zero-order valence-corrected chi connectivity index (χ0v) is 7.53. The van der Waals surface area contributed by atoms with Crippen LogP contribution in [0.4, 0.5) is 0 Å². The van der Waals surface area contributed by atoms with Crippen molar-refractivity contribution < 1.29 is 4.74 Å². The number of hydrogen-bond donors (Lipinski definition) is 1. The van der Waals surface area contributed by atoms with E-state index >= 15 is 0 Å². The Morgan fingerprint density at radius 1 is 1.36 bits per heavy atom. The molecule has 0 heterocycles. The summed E-state index contributed by atoms with van der Waals surface area (Å²) in [5.41, 5.74) is 5.32. The van der Waals surface area contributed by atoms with Crippen molar-refractivity contribution in [2.75, 3.05) is 6.61 Å². The van der Waals surface area contributed by atoms with Crippen LogP contribution in [0.5, 0.6) is 0 Å². The predicted octanol–water partition coefficient (Wildman–Crippen LogP) is 1.62. The molecule has 0 spiro atoms. The van der Waals surface area contributed by atoms with Gasteiger partial charge in [-0.3, -0.25) is 0 Å². The third-order valence-corrected chi connectivity index (χ3v) is 2.13. The van der Waals surface area contributed by atoms with Gasteiger partial charge in [0.25, 0.3) is 0 Å². The Morgan fingerprint density at radius 2 is 2.00 bits per heavy atom. The van der Waals surface area contributed by atoms with Crippen molar-refractivity contribution in [2.24, 2.45) is 5.73 Å². The fraction of sp³-hybridized carbons (Fsp3) is 0.875. The molecular formula is C8H15NOS. The summed E-state index contributed by atoms with van der Waals surface area (Å²) in [5.74, 6) is 0. The van der Waals surface area contributed by atoms with Crippen molar-refractivity contribution >= 4 is 17.2 Å². The van der Waals surface area contributed by atoms with Gasteiger partial charge in [-0.15, -0.1) is 0 Å². The van der Waals surface area contributed by atoms with Gasteiger partial charge in [-0.2, -0.15) is 0 Å². The van der Waals surface area contributed by atoms with Gasteiger partial charge in [-0.1, -0.05) is 31.5 Å². The lowest BCUT2D eigenvalue weighted by atomic mass is 9.98. The number of hydrogen-bond acceptors (Lipinski definition) is 2. The van der Waals surface area contributed by atoms with Crippen LogP contribution in [-0.2, 0) is 4.74 Å². The molecule has 0 aromatic rings. The van der Waals surface area contributed by atoms with Gasteiger partial charge < -0.3 is 10.5 Å². The first kappa shape index (κ1) is 8.94. The van der Waals surface area contributed by atoms with Crippen molar-refractivity contribution in [1.29, 1.82) is 0 Å². The van der Waals surface area contributed by atoms with Gasteiger partial charge in [0.15, 0.2) is 0 Å². The minimum Gasteiger partial charge on any atom is -0.391 e. The third-order valence-electron chi connectivity index (χ3n) is 2.01. The molecule has 1 aliphatic carbocycles. The molecule has 1 saturated carbocycles. The maximum atomic E-state index is 5.48. The van der Waals surface area contributed by atoms with Crippen LogP contribution in [0.1, 0.15) is 32.1 Å². The van der Waals surface area contributed by atoms with Crippen LogP contribution >= 0.6 is 12.2 Å². The maximum absolute atomic E-state index is 5.48. The lowest BCUT2D eigenvalue weighted by molar-refractivity contribution is 0.0533. The van der Waals surface area contributed by atoms with E-state index in [0.29, 0.717) is 17.7 Å². The standard InChI is InChI=1S/C8H15NOS/c9-8(11)6-10-7-4-2-1-3-5-7/h7H,1-6H2,(H2,9,11). The quantitative estimate of drug-likeness (QED) is 0.659. The van der Waals surface area contributed by atoms with E-state index in [2.05, 4.69) is 0 Å². The molecule has 0 aromatic heterocycles. The Kier molecular flexibility index (Phi) is 3.80. The minimum atomic E-state index is 0.422. The molecule has 1 fully saturated rings. The smallest absolute Gasteiger partial charge is 0.0989 e. The molecule has 2 nitrogen and oxygen atoms in total. The summed E-state index contributed by atoms with van der Waals surface area (Å²) in [6.45, 7) is 0.458. The first-order valence-corrected chi connectivity index (χ1v) is 4.60. The van der Waals surface area contributed by atoms with Gasteiger partial charge in [0.05, 0.1) is 17.7 Å². The first-order chi connectivity index (χ1) is 5.29. The normalized spacial score (nSPS) is 20.0. The van der Waals surface area contributed by atoms with E-state index in [9.17, 15) is 0 Å². The summed E-state index contributed by atoms with van der Waals surface area (Å²) >= 11 is 4.72. The minimum absolute atomic E-state index is 0.422. The zero-order chi connectivity index (χ0) is 8.10. The van der Waals surface area contributed by atoms with Gasteiger partial charge in [0.1, 0.15) is 0 Å². The van der Waals surface area contributed by atoms with Gasteiger partial charge in [0, 0.05) is 0 Å². The molecular weight excluding hydrogens is 158 g/mol. The summed E-state index contributed by atoms with van der Waals surface area (Å²) < 4.78 is 5.48. The van der Waals surface area contributed by atoms with Crippen molar-refractivity contribution in [2.45, 2.75) is 38.2 Å². The van der Waals surface area contributed by atoms with Crippen LogP contribution < -0.4 is 5.73 Å². The third kappa shape index (κ3) is 3.68. The van der Waals surface area contributed by atoms with Crippen LogP contribution in [0.15, 0.2) is 0 Å². The highest BCUT2D eigenvalue weighted by Crippen LogP contribution is 2.19. The molecule has 11 heavy (non-hydrogen) atoms. The highest BCUT2D eigenvalue weighted by molar-refractivity contribution is 7.80. The van der Waals surface area contributed by atoms with Crippen LogP contribution in [0.3, 0.4) is 0 Å². The van der Waals surface area contributed by atoms with Crippen molar-refractivity contribution in [3.63, 3.8) is 0 Å². The monoisotopic (exact) mass is 173 g/mol. The fourth-order valence-corrected chi connectivity index (χ4v) is 1.50. The van der Waals surface area contributed by atoms with Crippen LogP contribution in [0, 0.1) is 0 Å².